The molecule has 2 N–H and O–H groups in total. The minimum Gasteiger partial charge on any atom is -0.497 e. The van der Waals surface area contributed by atoms with Crippen molar-refractivity contribution in [2.45, 2.75) is 26.7 Å². The molecule has 0 saturated heterocycles. The maximum absolute atomic E-state index is 12.9. The molecule has 0 unspecified atom stereocenters. The number of aromatic amines is 1. The van der Waals surface area contributed by atoms with Crippen LogP contribution in [0.15, 0.2) is 41.2 Å². The van der Waals surface area contributed by atoms with Gasteiger partial charge in [0.1, 0.15) is 22.8 Å². The average molecular weight is 486 g/mol. The number of rotatable bonds is 6. The lowest BCUT2D eigenvalue weighted by atomic mass is 10.1. The summed E-state index contributed by atoms with van der Waals surface area (Å²) in [5, 5.41) is 6.41. The molecule has 2 aromatic rings. The molecule has 0 radical (unpaired) electrons. The van der Waals surface area contributed by atoms with Crippen LogP contribution in [0.2, 0.25) is 10.0 Å². The number of benzene rings is 2. The van der Waals surface area contributed by atoms with Gasteiger partial charge < -0.3 is 10.1 Å². The van der Waals surface area contributed by atoms with E-state index in [0.29, 0.717) is 47.1 Å². The number of H-pyrrole nitrogens is 1. The van der Waals surface area contributed by atoms with Gasteiger partial charge in [0, 0.05) is 24.7 Å². The lowest BCUT2D eigenvalue weighted by Gasteiger charge is -2.13. The van der Waals surface area contributed by atoms with Crippen molar-refractivity contribution < 1.29 is 9.53 Å². The quantitative estimate of drug-likeness (QED) is 0.418. The van der Waals surface area contributed by atoms with E-state index in [1.54, 1.807) is 23.9 Å². The van der Waals surface area contributed by atoms with E-state index in [0.717, 1.165) is 11.3 Å². The molecule has 8 nitrogen and oxygen atoms in total. The number of carbonyl (C=O) groups is 1. The average Bonchev–Trinajstić information content (AvgIpc) is 3.12. The van der Waals surface area contributed by atoms with E-state index in [4.69, 9.17) is 27.9 Å². The van der Waals surface area contributed by atoms with E-state index in [1.807, 2.05) is 31.2 Å². The Balaban J connectivity index is 1.83. The highest BCUT2D eigenvalue weighted by Crippen LogP contribution is 2.35. The van der Waals surface area contributed by atoms with E-state index in [1.165, 1.54) is 6.92 Å². The molecule has 2 aliphatic rings. The van der Waals surface area contributed by atoms with E-state index in [9.17, 15) is 9.59 Å². The van der Waals surface area contributed by atoms with Crippen LogP contribution in [0, 0.1) is 0 Å². The van der Waals surface area contributed by atoms with Crippen molar-refractivity contribution in [2.75, 3.05) is 12.4 Å². The Hall–Kier alpha value is -3.36. The summed E-state index contributed by atoms with van der Waals surface area (Å²) in [6.07, 6.45) is 0.921. The van der Waals surface area contributed by atoms with Crippen molar-refractivity contribution >= 4 is 34.8 Å². The number of nitrogens with one attached hydrogen (secondary N) is 2. The van der Waals surface area contributed by atoms with Crippen molar-refractivity contribution in [1.29, 1.82) is 0 Å². The van der Waals surface area contributed by atoms with Gasteiger partial charge in [0.15, 0.2) is 5.82 Å². The summed E-state index contributed by atoms with van der Waals surface area (Å²) >= 11 is 13.1. The van der Waals surface area contributed by atoms with Crippen LogP contribution in [0.1, 0.15) is 30.9 Å². The number of ether oxygens (including phenoxy) is 1. The highest BCUT2D eigenvalue weighted by atomic mass is 35.5. The number of halogens is 2. The number of carbonyl (C=O) groups excluding carboxylic acids is 1. The molecule has 10 heteroatoms. The SMILES string of the molecule is CCc1[nH]n(-c2c(Cl)cc(NC(C)=O)cc2Cl)c2nc(Cc3ccc(OC)cc3)nc(=O)c1-2. The number of hydrogen-bond donors (Lipinski definition) is 2. The molecular weight excluding hydrogens is 465 g/mol. The molecule has 2 heterocycles. The van der Waals surface area contributed by atoms with Crippen LogP contribution in [-0.4, -0.2) is 32.8 Å². The molecule has 0 bridgehead atoms. The maximum Gasteiger partial charge on any atom is 0.284 e. The molecule has 0 spiro atoms. The van der Waals surface area contributed by atoms with Crippen LogP contribution in [0.3, 0.4) is 0 Å². The number of fused-ring (bicyclic) bond motifs is 1. The first kappa shape index (κ1) is 22.8. The highest BCUT2D eigenvalue weighted by Gasteiger charge is 2.25. The Kier molecular flexibility index (Phi) is 6.40. The Morgan fingerprint density at radius 1 is 1.15 bits per heavy atom. The van der Waals surface area contributed by atoms with E-state index in [-0.39, 0.29) is 21.5 Å². The van der Waals surface area contributed by atoms with E-state index >= 15 is 0 Å². The summed E-state index contributed by atoms with van der Waals surface area (Å²) in [5.74, 6) is 1.25. The molecule has 4 rings (SSSR count). The fourth-order valence-corrected chi connectivity index (χ4v) is 4.27. The van der Waals surface area contributed by atoms with Crippen molar-refractivity contribution in [2.24, 2.45) is 0 Å². The molecule has 1 amide bonds. The van der Waals surface area contributed by atoms with Crippen LogP contribution >= 0.6 is 23.2 Å². The van der Waals surface area contributed by atoms with Gasteiger partial charge in [0.05, 0.1) is 17.2 Å². The zero-order valence-corrected chi connectivity index (χ0v) is 19.7. The van der Waals surface area contributed by atoms with Gasteiger partial charge in [-0.05, 0) is 36.2 Å². The molecule has 0 aromatic heterocycles. The smallest absolute Gasteiger partial charge is 0.284 e. The molecule has 0 aliphatic carbocycles. The standard InChI is InChI=1S/C23H21Cl2N5O3/c1-4-18-20-22(27-19(28-23(20)32)9-13-5-7-15(33-3)8-6-13)30(29-18)21-16(24)10-14(11-17(21)25)26-12(2)31/h5-8,10-11,29H,4,9H2,1-3H3,(H,26,31). The third-order valence-corrected chi connectivity index (χ3v) is 5.68. The molecule has 2 aromatic carbocycles. The van der Waals surface area contributed by atoms with E-state index in [2.05, 4.69) is 20.4 Å². The Morgan fingerprint density at radius 2 is 1.82 bits per heavy atom. The number of aromatic nitrogens is 4. The Morgan fingerprint density at radius 3 is 2.39 bits per heavy atom. The second-order valence-corrected chi connectivity index (χ2v) is 8.23. The van der Waals surface area contributed by atoms with Crippen LogP contribution < -0.4 is 15.6 Å². The minimum absolute atomic E-state index is 0.243. The Labute approximate surface area is 199 Å². The summed E-state index contributed by atoms with van der Waals surface area (Å²) in [7, 11) is 1.60. The van der Waals surface area contributed by atoms with Crippen molar-refractivity contribution in [3.8, 4) is 22.8 Å². The summed E-state index contributed by atoms with van der Waals surface area (Å²) < 4.78 is 6.79. The van der Waals surface area contributed by atoms with Gasteiger partial charge in [-0.3, -0.25) is 14.7 Å². The number of methoxy groups -OCH3 is 1. The number of amides is 1. The first-order valence-corrected chi connectivity index (χ1v) is 11.0. The molecule has 33 heavy (non-hydrogen) atoms. The Bertz CT molecular complexity index is 1340. The second kappa shape index (κ2) is 9.25. The fraction of sp³-hybridized carbons (Fsp3) is 0.217. The lowest BCUT2D eigenvalue weighted by molar-refractivity contribution is -0.114. The van der Waals surface area contributed by atoms with Gasteiger partial charge in [-0.1, -0.05) is 42.3 Å². The van der Waals surface area contributed by atoms with Gasteiger partial charge in [-0.15, -0.1) is 0 Å². The predicted octanol–water partition coefficient (Wildman–Crippen LogP) is 4.49. The van der Waals surface area contributed by atoms with Gasteiger partial charge in [-0.25, -0.2) is 9.67 Å². The van der Waals surface area contributed by atoms with Gasteiger partial charge in [-0.2, -0.15) is 4.98 Å². The number of aryl methyl sites for hydroxylation is 1. The zero-order valence-electron chi connectivity index (χ0n) is 18.2. The number of nitrogens with zero attached hydrogens (tertiary/aromatic N) is 3. The lowest BCUT2D eigenvalue weighted by Crippen LogP contribution is -2.17. The molecule has 2 aliphatic heterocycles. The van der Waals surface area contributed by atoms with Crippen molar-refractivity contribution in [3.05, 3.63) is 73.9 Å². The first-order valence-electron chi connectivity index (χ1n) is 10.2. The summed E-state index contributed by atoms with van der Waals surface area (Å²) in [4.78, 5) is 33.2. The van der Waals surface area contributed by atoms with Gasteiger partial charge in [0.25, 0.3) is 5.56 Å². The monoisotopic (exact) mass is 485 g/mol. The third kappa shape index (κ3) is 4.58. The van der Waals surface area contributed by atoms with Crippen molar-refractivity contribution in [1.82, 2.24) is 19.7 Å². The summed E-state index contributed by atoms with van der Waals surface area (Å²) in [6.45, 7) is 3.32. The molecule has 0 saturated carbocycles. The predicted molar refractivity (Wildman–Crippen MR) is 128 cm³/mol. The minimum atomic E-state index is -0.377. The third-order valence-electron chi connectivity index (χ3n) is 5.10. The van der Waals surface area contributed by atoms with Crippen molar-refractivity contribution in [3.63, 3.8) is 0 Å². The zero-order chi connectivity index (χ0) is 23.7. The van der Waals surface area contributed by atoms with Crippen LogP contribution in [0.5, 0.6) is 5.75 Å². The van der Waals surface area contributed by atoms with E-state index < -0.39 is 0 Å². The number of hydrogen-bond acceptors (Lipinski definition) is 5. The van der Waals surface area contributed by atoms with Gasteiger partial charge in [0.2, 0.25) is 5.91 Å². The number of anilines is 1. The molecule has 170 valence electrons. The molecule has 0 fully saturated rings. The topological polar surface area (TPSA) is 102 Å². The molecular formula is C23H21Cl2N5O3. The van der Waals surface area contributed by atoms with Crippen LogP contribution in [0.25, 0.3) is 17.1 Å². The highest BCUT2D eigenvalue weighted by molar-refractivity contribution is 6.38. The summed E-state index contributed by atoms with van der Waals surface area (Å²) in [5.41, 5.74) is 2.50. The normalized spacial score (nSPS) is 11.1. The second-order valence-electron chi connectivity index (χ2n) is 7.42. The first-order chi connectivity index (χ1) is 15.8. The largest absolute Gasteiger partial charge is 0.497 e. The summed E-state index contributed by atoms with van der Waals surface area (Å²) in [6, 6.07) is 10.7. The van der Waals surface area contributed by atoms with Crippen LogP contribution in [-0.2, 0) is 17.6 Å². The molecule has 0 atom stereocenters. The fourth-order valence-electron chi connectivity index (χ4n) is 3.62. The van der Waals surface area contributed by atoms with Gasteiger partial charge >= 0.3 is 0 Å². The van der Waals surface area contributed by atoms with Crippen LogP contribution in [0.4, 0.5) is 5.69 Å². The maximum atomic E-state index is 12.9.